The van der Waals surface area contributed by atoms with E-state index in [2.05, 4.69) is 10.3 Å². The van der Waals surface area contributed by atoms with Crippen LogP contribution in [0.25, 0.3) is 16.6 Å². The molecule has 1 atom stereocenters. The Hall–Kier alpha value is -3.36. The van der Waals surface area contributed by atoms with Crippen LogP contribution in [0.3, 0.4) is 0 Å². The Morgan fingerprint density at radius 3 is 2.70 bits per heavy atom. The van der Waals surface area contributed by atoms with E-state index in [-0.39, 0.29) is 16.5 Å². The standard InChI is InChI=1S/C24H19ClFN3O3S/c1-14(22(30)27-21-11-10-15(26)12-19(21)25)33-24-28-20-9-4-3-8-18(20)23(31)29(24)16-6-5-7-17(13-16)32-2/h3-14H,1-2H3,(H,27,30). The highest BCUT2D eigenvalue weighted by Gasteiger charge is 2.21. The number of nitrogens with one attached hydrogen (secondary N) is 1. The molecule has 0 saturated carbocycles. The van der Waals surface area contributed by atoms with Crippen LogP contribution in [0.1, 0.15) is 6.92 Å². The van der Waals surface area contributed by atoms with Gasteiger partial charge in [-0.15, -0.1) is 0 Å². The molecule has 0 radical (unpaired) electrons. The number of carbonyl (C=O) groups excluding carboxylic acids is 1. The molecule has 1 N–H and O–H groups in total. The Morgan fingerprint density at radius 1 is 1.15 bits per heavy atom. The number of anilines is 1. The number of hydrogen-bond donors (Lipinski definition) is 1. The van der Waals surface area contributed by atoms with Crippen LogP contribution in [-0.4, -0.2) is 27.8 Å². The maximum atomic E-state index is 13.4. The Kier molecular flexibility index (Phi) is 6.67. The molecule has 0 spiro atoms. The third-order valence-electron chi connectivity index (χ3n) is 4.90. The fourth-order valence-electron chi connectivity index (χ4n) is 3.21. The van der Waals surface area contributed by atoms with Crippen molar-refractivity contribution >= 4 is 45.9 Å². The number of thioether (sulfide) groups is 1. The summed E-state index contributed by atoms with van der Waals surface area (Å²) in [6.45, 7) is 1.69. The lowest BCUT2D eigenvalue weighted by atomic mass is 10.2. The van der Waals surface area contributed by atoms with Crippen LogP contribution in [0.15, 0.2) is 76.7 Å². The lowest BCUT2D eigenvalue weighted by Crippen LogP contribution is -2.26. The van der Waals surface area contributed by atoms with Gasteiger partial charge in [0.05, 0.1) is 39.7 Å². The number of para-hydroxylation sites is 1. The molecule has 1 unspecified atom stereocenters. The van der Waals surface area contributed by atoms with Crippen molar-refractivity contribution in [1.82, 2.24) is 9.55 Å². The van der Waals surface area contributed by atoms with Gasteiger partial charge in [0, 0.05) is 6.07 Å². The number of fused-ring (bicyclic) bond motifs is 1. The highest BCUT2D eigenvalue weighted by molar-refractivity contribution is 8.00. The minimum absolute atomic E-state index is 0.0951. The van der Waals surface area contributed by atoms with E-state index >= 15 is 0 Å². The van der Waals surface area contributed by atoms with Gasteiger partial charge >= 0.3 is 0 Å². The molecule has 4 rings (SSSR count). The van der Waals surface area contributed by atoms with Gasteiger partial charge in [0.1, 0.15) is 11.6 Å². The van der Waals surface area contributed by atoms with Crippen molar-refractivity contribution in [1.29, 1.82) is 0 Å². The maximum Gasteiger partial charge on any atom is 0.266 e. The van der Waals surface area contributed by atoms with Gasteiger partial charge in [-0.25, -0.2) is 9.37 Å². The van der Waals surface area contributed by atoms with Gasteiger partial charge < -0.3 is 10.1 Å². The molecule has 0 aliphatic rings. The lowest BCUT2D eigenvalue weighted by Gasteiger charge is -2.17. The fraction of sp³-hybridized carbons (Fsp3) is 0.125. The Morgan fingerprint density at radius 2 is 1.94 bits per heavy atom. The number of amides is 1. The molecule has 1 aromatic heterocycles. The molecule has 0 saturated heterocycles. The molecule has 168 valence electrons. The minimum Gasteiger partial charge on any atom is -0.497 e. The minimum atomic E-state index is -0.643. The highest BCUT2D eigenvalue weighted by atomic mass is 35.5. The number of aromatic nitrogens is 2. The zero-order valence-electron chi connectivity index (χ0n) is 17.7. The Bertz CT molecular complexity index is 1410. The van der Waals surface area contributed by atoms with E-state index in [4.69, 9.17) is 16.3 Å². The third-order valence-corrected chi connectivity index (χ3v) is 6.26. The Labute approximate surface area is 198 Å². The molecule has 6 nitrogen and oxygen atoms in total. The topological polar surface area (TPSA) is 73.2 Å². The van der Waals surface area contributed by atoms with Crippen LogP contribution in [0.5, 0.6) is 5.75 Å². The van der Waals surface area contributed by atoms with Crippen LogP contribution in [0.2, 0.25) is 5.02 Å². The molecule has 0 aliphatic carbocycles. The first-order chi connectivity index (χ1) is 15.9. The van der Waals surface area contributed by atoms with Crippen molar-refractivity contribution in [3.63, 3.8) is 0 Å². The van der Waals surface area contributed by atoms with E-state index in [1.807, 2.05) is 0 Å². The summed E-state index contributed by atoms with van der Waals surface area (Å²) >= 11 is 7.15. The molecule has 1 amide bonds. The number of halogens is 2. The number of methoxy groups -OCH3 is 1. The van der Waals surface area contributed by atoms with Gasteiger partial charge in [-0.2, -0.15) is 0 Å². The second-order valence-corrected chi connectivity index (χ2v) is 8.84. The average molecular weight is 484 g/mol. The predicted octanol–water partition coefficient (Wildman–Crippen LogP) is 5.31. The van der Waals surface area contributed by atoms with Crippen molar-refractivity contribution in [2.75, 3.05) is 12.4 Å². The van der Waals surface area contributed by atoms with Crippen LogP contribution in [-0.2, 0) is 4.79 Å². The number of carbonyl (C=O) groups is 1. The number of benzene rings is 3. The summed E-state index contributed by atoms with van der Waals surface area (Å²) in [6, 6.07) is 17.8. The van der Waals surface area contributed by atoms with Gasteiger partial charge in [-0.05, 0) is 49.4 Å². The number of nitrogens with zero attached hydrogens (tertiary/aromatic N) is 2. The second kappa shape index (κ2) is 9.64. The first kappa shape index (κ1) is 22.8. The molecule has 0 aliphatic heterocycles. The molecular formula is C24H19ClFN3O3S. The molecule has 9 heteroatoms. The van der Waals surface area contributed by atoms with E-state index in [0.717, 1.165) is 17.8 Å². The zero-order chi connectivity index (χ0) is 23.5. The van der Waals surface area contributed by atoms with Gasteiger partial charge in [-0.1, -0.05) is 41.6 Å². The van der Waals surface area contributed by atoms with E-state index in [1.54, 1.807) is 62.6 Å². The summed E-state index contributed by atoms with van der Waals surface area (Å²) in [5.41, 5.74) is 1.13. The van der Waals surface area contributed by atoms with E-state index < -0.39 is 11.1 Å². The molecule has 0 bridgehead atoms. The van der Waals surface area contributed by atoms with Crippen molar-refractivity contribution < 1.29 is 13.9 Å². The third kappa shape index (κ3) is 4.86. The average Bonchev–Trinajstić information content (AvgIpc) is 2.81. The van der Waals surface area contributed by atoms with Crippen LogP contribution < -0.4 is 15.6 Å². The smallest absolute Gasteiger partial charge is 0.266 e. The van der Waals surface area contributed by atoms with Crippen molar-refractivity contribution in [3.8, 4) is 11.4 Å². The van der Waals surface area contributed by atoms with E-state index in [0.29, 0.717) is 33.2 Å². The number of rotatable bonds is 6. The summed E-state index contributed by atoms with van der Waals surface area (Å²) < 4.78 is 20.1. The van der Waals surface area contributed by atoms with E-state index in [1.165, 1.54) is 16.7 Å². The zero-order valence-corrected chi connectivity index (χ0v) is 19.3. The maximum absolute atomic E-state index is 13.4. The van der Waals surface area contributed by atoms with Gasteiger partial charge in [0.2, 0.25) is 5.91 Å². The summed E-state index contributed by atoms with van der Waals surface area (Å²) in [7, 11) is 1.54. The molecule has 0 fully saturated rings. The summed E-state index contributed by atoms with van der Waals surface area (Å²) in [5, 5.41) is 2.95. The number of hydrogen-bond acceptors (Lipinski definition) is 5. The second-order valence-electron chi connectivity index (χ2n) is 7.13. The molecule has 4 aromatic rings. The van der Waals surface area contributed by atoms with Crippen molar-refractivity contribution in [2.24, 2.45) is 0 Å². The van der Waals surface area contributed by atoms with Crippen molar-refractivity contribution in [3.05, 3.63) is 87.9 Å². The lowest BCUT2D eigenvalue weighted by molar-refractivity contribution is -0.115. The van der Waals surface area contributed by atoms with Crippen LogP contribution in [0.4, 0.5) is 10.1 Å². The first-order valence-corrected chi connectivity index (χ1v) is 11.2. The molecular weight excluding hydrogens is 465 g/mol. The van der Waals surface area contributed by atoms with Gasteiger partial charge in [0.25, 0.3) is 5.56 Å². The van der Waals surface area contributed by atoms with Gasteiger partial charge in [-0.3, -0.25) is 14.2 Å². The summed E-state index contributed by atoms with van der Waals surface area (Å²) in [4.78, 5) is 30.9. The molecule has 3 aromatic carbocycles. The van der Waals surface area contributed by atoms with E-state index in [9.17, 15) is 14.0 Å². The first-order valence-electron chi connectivity index (χ1n) is 9.96. The summed E-state index contributed by atoms with van der Waals surface area (Å²) in [5.74, 6) is -0.281. The predicted molar refractivity (Wildman–Crippen MR) is 129 cm³/mol. The largest absolute Gasteiger partial charge is 0.497 e. The SMILES string of the molecule is COc1cccc(-n2c(SC(C)C(=O)Nc3ccc(F)cc3Cl)nc3ccccc3c2=O)c1. The Balaban J connectivity index is 1.73. The quantitative estimate of drug-likeness (QED) is 0.297. The molecule has 1 heterocycles. The fourth-order valence-corrected chi connectivity index (χ4v) is 4.35. The number of ether oxygens (including phenoxy) is 1. The van der Waals surface area contributed by atoms with Gasteiger partial charge in [0.15, 0.2) is 5.16 Å². The monoisotopic (exact) mass is 483 g/mol. The van der Waals surface area contributed by atoms with Crippen LogP contribution >= 0.6 is 23.4 Å². The summed E-state index contributed by atoms with van der Waals surface area (Å²) in [6.07, 6.45) is 0. The molecule has 33 heavy (non-hydrogen) atoms. The van der Waals surface area contributed by atoms with Crippen LogP contribution in [0, 0.1) is 5.82 Å². The van der Waals surface area contributed by atoms with Crippen molar-refractivity contribution in [2.45, 2.75) is 17.3 Å². The highest BCUT2D eigenvalue weighted by Crippen LogP contribution is 2.28. The normalized spacial score (nSPS) is 11.9.